The lowest BCUT2D eigenvalue weighted by molar-refractivity contribution is 0.105. The fraction of sp³-hybridized carbons (Fsp3) is 0.520. The molecule has 8 nitrogen and oxygen atoms in total. The van der Waals surface area contributed by atoms with E-state index in [1.54, 1.807) is 6.33 Å². The van der Waals surface area contributed by atoms with Crippen LogP contribution < -0.4 is 4.90 Å². The molecule has 2 atom stereocenters. The van der Waals surface area contributed by atoms with Crippen LogP contribution in [0.2, 0.25) is 0 Å². The van der Waals surface area contributed by atoms with Crippen molar-refractivity contribution < 1.29 is 4.74 Å². The molecule has 33 heavy (non-hydrogen) atoms. The lowest BCUT2D eigenvalue weighted by Crippen LogP contribution is -2.55. The van der Waals surface area contributed by atoms with Crippen molar-refractivity contribution in [2.24, 2.45) is 0 Å². The van der Waals surface area contributed by atoms with Gasteiger partial charge in [0, 0.05) is 49.8 Å². The lowest BCUT2D eigenvalue weighted by Gasteiger charge is -2.43. The van der Waals surface area contributed by atoms with Gasteiger partial charge in [0.05, 0.1) is 29.8 Å². The zero-order chi connectivity index (χ0) is 22.4. The van der Waals surface area contributed by atoms with Gasteiger partial charge in [0.15, 0.2) is 5.82 Å². The Morgan fingerprint density at radius 3 is 2.76 bits per heavy atom. The van der Waals surface area contributed by atoms with E-state index in [9.17, 15) is 5.26 Å². The van der Waals surface area contributed by atoms with Crippen LogP contribution in [-0.2, 0) is 10.2 Å². The summed E-state index contributed by atoms with van der Waals surface area (Å²) in [7, 11) is 0. The van der Waals surface area contributed by atoms with E-state index in [4.69, 9.17) is 4.74 Å². The molecule has 1 aliphatic carbocycles. The highest BCUT2D eigenvalue weighted by Gasteiger charge is 2.39. The minimum atomic E-state index is -0.347. The van der Waals surface area contributed by atoms with E-state index in [2.05, 4.69) is 56.1 Å². The Bertz CT molecular complexity index is 1200. The maximum Gasteiger partial charge on any atom is 0.159 e. The molecule has 1 aromatic carbocycles. The quantitative estimate of drug-likeness (QED) is 0.613. The van der Waals surface area contributed by atoms with Crippen molar-refractivity contribution in [2.75, 3.05) is 37.7 Å². The highest BCUT2D eigenvalue weighted by molar-refractivity contribution is 5.81. The Morgan fingerprint density at radius 1 is 1.15 bits per heavy atom. The minimum Gasteiger partial charge on any atom is -0.380 e. The van der Waals surface area contributed by atoms with Crippen molar-refractivity contribution in [1.82, 2.24) is 24.6 Å². The summed E-state index contributed by atoms with van der Waals surface area (Å²) in [5.41, 5.74) is 1.72. The molecule has 0 spiro atoms. The Kier molecular flexibility index (Phi) is 5.04. The highest BCUT2D eigenvalue weighted by atomic mass is 16.5. The summed E-state index contributed by atoms with van der Waals surface area (Å²) in [5, 5.41) is 15.5. The molecule has 8 heteroatoms. The molecule has 0 radical (unpaired) electrons. The van der Waals surface area contributed by atoms with E-state index in [1.165, 1.54) is 0 Å². The molecule has 2 saturated heterocycles. The third kappa shape index (κ3) is 3.47. The first kappa shape index (κ1) is 20.6. The molecule has 2 aromatic heterocycles. The molecular formula is C25H29N7O. The molecule has 0 bridgehead atoms. The van der Waals surface area contributed by atoms with Gasteiger partial charge in [-0.3, -0.25) is 4.90 Å². The van der Waals surface area contributed by atoms with Crippen LogP contribution >= 0.6 is 0 Å². The van der Waals surface area contributed by atoms with Gasteiger partial charge in [-0.2, -0.15) is 10.4 Å². The standard InChI is InChI=1S/C25H29N7O/c1-18-14-30(8-9-31(18)21-5-10-33-15-21)23-12-24(28-17-27-23)32-22-11-20(4-3-19(22)13-29-32)25(16-26)6-2-7-25/h3-4,11-13,17-18,21H,2,5-10,14-15H2,1H3/t18-,21+/m0/s1. The third-order valence-electron chi connectivity index (χ3n) is 7.78. The average molecular weight is 444 g/mol. The van der Waals surface area contributed by atoms with Crippen molar-refractivity contribution >= 4 is 16.7 Å². The van der Waals surface area contributed by atoms with Gasteiger partial charge in [-0.15, -0.1) is 0 Å². The number of nitrogens with zero attached hydrogens (tertiary/aromatic N) is 7. The van der Waals surface area contributed by atoms with Crippen LogP contribution in [0, 0.1) is 11.3 Å². The zero-order valence-corrected chi connectivity index (χ0v) is 19.0. The predicted molar refractivity (Wildman–Crippen MR) is 125 cm³/mol. The van der Waals surface area contributed by atoms with E-state index < -0.39 is 0 Å². The summed E-state index contributed by atoms with van der Waals surface area (Å²) in [6.45, 7) is 6.90. The van der Waals surface area contributed by atoms with Crippen molar-refractivity contribution in [1.29, 1.82) is 5.26 Å². The molecule has 0 N–H and O–H groups in total. The number of nitriles is 1. The first-order valence-corrected chi connectivity index (χ1v) is 12.0. The van der Waals surface area contributed by atoms with Crippen molar-refractivity contribution in [3.8, 4) is 11.9 Å². The molecule has 4 heterocycles. The molecule has 2 aliphatic heterocycles. The van der Waals surface area contributed by atoms with Crippen LogP contribution in [0.5, 0.6) is 0 Å². The van der Waals surface area contributed by atoms with Crippen LogP contribution in [-0.4, -0.2) is 69.6 Å². The molecule has 170 valence electrons. The molecule has 3 fully saturated rings. The van der Waals surface area contributed by atoms with Gasteiger partial charge in [-0.25, -0.2) is 14.6 Å². The van der Waals surface area contributed by atoms with Gasteiger partial charge in [-0.05, 0) is 44.2 Å². The van der Waals surface area contributed by atoms with Gasteiger partial charge in [0.2, 0.25) is 0 Å². The number of hydrogen-bond donors (Lipinski definition) is 0. The molecular weight excluding hydrogens is 414 g/mol. The highest BCUT2D eigenvalue weighted by Crippen LogP contribution is 2.43. The summed E-state index contributed by atoms with van der Waals surface area (Å²) >= 11 is 0. The molecule has 3 aromatic rings. The van der Waals surface area contributed by atoms with E-state index in [1.807, 2.05) is 16.9 Å². The van der Waals surface area contributed by atoms with E-state index in [0.29, 0.717) is 12.1 Å². The van der Waals surface area contributed by atoms with Crippen LogP contribution in [0.15, 0.2) is 36.8 Å². The maximum atomic E-state index is 9.78. The number of ether oxygens (including phenoxy) is 1. The summed E-state index contributed by atoms with van der Waals surface area (Å²) in [6.07, 6.45) is 7.59. The van der Waals surface area contributed by atoms with Gasteiger partial charge in [-0.1, -0.05) is 12.1 Å². The summed E-state index contributed by atoms with van der Waals surface area (Å²) in [6, 6.07) is 11.8. The molecule has 6 rings (SSSR count). The van der Waals surface area contributed by atoms with Gasteiger partial charge in [0.1, 0.15) is 12.1 Å². The Hall–Kier alpha value is -3.02. The number of piperazine rings is 1. The minimum absolute atomic E-state index is 0.347. The number of fused-ring (bicyclic) bond motifs is 1. The van der Waals surface area contributed by atoms with E-state index in [-0.39, 0.29) is 5.41 Å². The van der Waals surface area contributed by atoms with Gasteiger partial charge < -0.3 is 9.64 Å². The number of aromatic nitrogens is 4. The second kappa shape index (κ2) is 8.08. The normalized spacial score (nSPS) is 25.2. The molecule has 3 aliphatic rings. The first-order chi connectivity index (χ1) is 16.2. The number of hydrogen-bond acceptors (Lipinski definition) is 7. The van der Waals surface area contributed by atoms with Gasteiger partial charge in [0.25, 0.3) is 0 Å². The second-order valence-electron chi connectivity index (χ2n) is 9.66. The van der Waals surface area contributed by atoms with Crippen LogP contribution in [0.1, 0.15) is 38.2 Å². The number of benzene rings is 1. The van der Waals surface area contributed by atoms with E-state index in [0.717, 1.165) is 86.6 Å². The smallest absolute Gasteiger partial charge is 0.159 e. The lowest BCUT2D eigenvalue weighted by atomic mass is 9.65. The molecule has 0 amide bonds. The topological polar surface area (TPSA) is 83.1 Å². The fourth-order valence-electron chi connectivity index (χ4n) is 5.63. The predicted octanol–water partition coefficient (Wildman–Crippen LogP) is 3.06. The molecule has 0 unspecified atom stereocenters. The van der Waals surface area contributed by atoms with Crippen molar-refractivity contribution in [2.45, 2.75) is 50.1 Å². The fourth-order valence-corrected chi connectivity index (χ4v) is 5.63. The molecule has 1 saturated carbocycles. The number of anilines is 1. The zero-order valence-electron chi connectivity index (χ0n) is 19.0. The Labute approximate surface area is 193 Å². The number of rotatable bonds is 4. The maximum absolute atomic E-state index is 9.78. The third-order valence-corrected chi connectivity index (χ3v) is 7.78. The average Bonchev–Trinajstić information content (AvgIpc) is 3.49. The summed E-state index contributed by atoms with van der Waals surface area (Å²) < 4.78 is 7.48. The van der Waals surface area contributed by atoms with Gasteiger partial charge >= 0.3 is 0 Å². The SMILES string of the molecule is C[C@H]1CN(c2cc(-n3ncc4ccc(C5(C#N)CCC5)cc43)ncn2)CCN1[C@@H]1CCOC1. The summed E-state index contributed by atoms with van der Waals surface area (Å²) in [5.74, 6) is 1.69. The van der Waals surface area contributed by atoms with Crippen LogP contribution in [0.4, 0.5) is 5.82 Å². The van der Waals surface area contributed by atoms with Crippen LogP contribution in [0.3, 0.4) is 0 Å². The first-order valence-electron chi connectivity index (χ1n) is 12.0. The van der Waals surface area contributed by atoms with E-state index >= 15 is 0 Å². The largest absolute Gasteiger partial charge is 0.380 e. The van der Waals surface area contributed by atoms with Crippen molar-refractivity contribution in [3.05, 3.63) is 42.4 Å². The second-order valence-corrected chi connectivity index (χ2v) is 9.66. The Morgan fingerprint density at radius 2 is 2.03 bits per heavy atom. The van der Waals surface area contributed by atoms with Crippen molar-refractivity contribution in [3.63, 3.8) is 0 Å². The summed E-state index contributed by atoms with van der Waals surface area (Å²) in [4.78, 5) is 14.1. The monoisotopic (exact) mass is 443 g/mol. The van der Waals surface area contributed by atoms with Crippen LogP contribution in [0.25, 0.3) is 16.7 Å². The Balaban J connectivity index is 1.28.